The Morgan fingerprint density at radius 1 is 1.27 bits per heavy atom. The molecule has 2 aromatic heterocycles. The van der Waals surface area contributed by atoms with Gasteiger partial charge in [0.15, 0.2) is 0 Å². The van der Waals surface area contributed by atoms with Crippen LogP contribution in [0.1, 0.15) is 30.3 Å². The summed E-state index contributed by atoms with van der Waals surface area (Å²) in [5.74, 6) is -0.991. The summed E-state index contributed by atoms with van der Waals surface area (Å²) in [6.07, 6.45) is 1.68. The number of ether oxygens (including phenoxy) is 1. The minimum Gasteiger partial charge on any atom is -0.465 e. The lowest BCUT2D eigenvalue weighted by molar-refractivity contribution is -0.144. The molecule has 6 heteroatoms. The molecule has 4 nitrogen and oxygen atoms in total. The van der Waals surface area contributed by atoms with E-state index in [1.54, 1.807) is 44.3 Å². The van der Waals surface area contributed by atoms with E-state index in [4.69, 9.17) is 4.74 Å². The maximum atomic E-state index is 13.9. The minimum atomic E-state index is -0.411. The molecular weight excluding hydrogens is 351 g/mol. The predicted octanol–water partition coefficient (Wildman–Crippen LogP) is 4.99. The first-order valence-electron chi connectivity index (χ1n) is 8.36. The van der Waals surface area contributed by atoms with E-state index in [-0.39, 0.29) is 11.8 Å². The van der Waals surface area contributed by atoms with Gasteiger partial charge in [-0.1, -0.05) is 12.1 Å². The summed E-state index contributed by atoms with van der Waals surface area (Å²) < 4.78 is 19.0. The first kappa shape index (κ1) is 18.2. The lowest BCUT2D eigenvalue weighted by Crippen LogP contribution is -2.14. The molecule has 26 heavy (non-hydrogen) atoms. The Morgan fingerprint density at radius 3 is 2.69 bits per heavy atom. The predicted molar refractivity (Wildman–Crippen MR) is 101 cm³/mol. The zero-order chi connectivity index (χ0) is 18.7. The van der Waals surface area contributed by atoms with Crippen LogP contribution in [0.15, 0.2) is 42.6 Å². The molecule has 2 heterocycles. The van der Waals surface area contributed by atoms with Crippen LogP contribution >= 0.6 is 11.3 Å². The Hall–Kier alpha value is -2.60. The van der Waals surface area contributed by atoms with Gasteiger partial charge < -0.3 is 4.74 Å². The number of aryl methyl sites for hydroxylation is 1. The van der Waals surface area contributed by atoms with Gasteiger partial charge in [-0.2, -0.15) is 0 Å². The van der Waals surface area contributed by atoms with Crippen molar-refractivity contribution >= 4 is 17.3 Å². The fourth-order valence-electron chi connectivity index (χ4n) is 2.66. The van der Waals surface area contributed by atoms with Crippen molar-refractivity contribution in [2.45, 2.75) is 26.7 Å². The van der Waals surface area contributed by atoms with Gasteiger partial charge in [-0.25, -0.2) is 9.37 Å². The average molecular weight is 370 g/mol. The van der Waals surface area contributed by atoms with E-state index in [1.165, 1.54) is 17.4 Å². The highest BCUT2D eigenvalue weighted by Crippen LogP contribution is 2.32. The van der Waals surface area contributed by atoms with E-state index in [9.17, 15) is 9.18 Å². The first-order valence-corrected chi connectivity index (χ1v) is 9.18. The molecule has 1 atom stereocenters. The summed E-state index contributed by atoms with van der Waals surface area (Å²) in [5, 5.41) is 0.779. The van der Waals surface area contributed by atoms with Crippen molar-refractivity contribution in [2.24, 2.45) is 0 Å². The molecule has 0 radical (unpaired) electrons. The van der Waals surface area contributed by atoms with E-state index in [0.717, 1.165) is 21.1 Å². The summed E-state index contributed by atoms with van der Waals surface area (Å²) in [4.78, 5) is 21.9. The lowest BCUT2D eigenvalue weighted by Gasteiger charge is -2.08. The number of rotatable bonds is 5. The zero-order valence-corrected chi connectivity index (χ0v) is 15.6. The molecule has 1 aromatic carbocycles. The Balaban J connectivity index is 1.87. The number of esters is 1. The second kappa shape index (κ2) is 7.74. The summed E-state index contributed by atoms with van der Waals surface area (Å²) in [7, 11) is 0. The van der Waals surface area contributed by atoms with Gasteiger partial charge in [-0.3, -0.25) is 9.78 Å². The Kier molecular flexibility index (Phi) is 5.42. The van der Waals surface area contributed by atoms with Crippen molar-refractivity contribution in [3.8, 4) is 21.8 Å². The van der Waals surface area contributed by atoms with Crippen molar-refractivity contribution < 1.29 is 13.9 Å². The normalized spacial score (nSPS) is 12.0. The number of pyridine rings is 1. The molecule has 0 fully saturated rings. The Bertz CT molecular complexity index is 922. The van der Waals surface area contributed by atoms with Crippen LogP contribution in [0.4, 0.5) is 4.39 Å². The molecule has 3 rings (SSSR count). The van der Waals surface area contributed by atoms with E-state index in [2.05, 4.69) is 9.97 Å². The van der Waals surface area contributed by atoms with Crippen molar-refractivity contribution in [3.63, 3.8) is 0 Å². The highest BCUT2D eigenvalue weighted by atomic mass is 32.1. The number of hydrogen-bond donors (Lipinski definition) is 0. The van der Waals surface area contributed by atoms with E-state index >= 15 is 0 Å². The third-order valence-corrected chi connectivity index (χ3v) is 5.08. The first-order chi connectivity index (χ1) is 12.5. The van der Waals surface area contributed by atoms with E-state index in [0.29, 0.717) is 17.9 Å². The lowest BCUT2D eigenvalue weighted by atomic mass is 10.1. The van der Waals surface area contributed by atoms with E-state index < -0.39 is 5.92 Å². The van der Waals surface area contributed by atoms with Crippen molar-refractivity contribution in [1.82, 2.24) is 9.97 Å². The summed E-state index contributed by atoms with van der Waals surface area (Å²) >= 11 is 1.50. The van der Waals surface area contributed by atoms with Crippen LogP contribution in [0, 0.1) is 12.7 Å². The number of benzene rings is 1. The average Bonchev–Trinajstić information content (AvgIpc) is 3.03. The molecule has 0 aliphatic carbocycles. The van der Waals surface area contributed by atoms with Crippen molar-refractivity contribution in [1.29, 1.82) is 0 Å². The number of halogens is 1. The number of nitrogens with zero attached hydrogens (tertiary/aromatic N) is 2. The van der Waals surface area contributed by atoms with Crippen molar-refractivity contribution in [3.05, 3.63) is 59.0 Å². The summed E-state index contributed by atoms with van der Waals surface area (Å²) in [6, 6.07) is 10.2. The SMILES string of the molecule is CCOC(=O)C(C)c1nc(-c2ccc(-c3ccccc3F)nc2)sc1C. The number of carbonyl (C=O) groups excluding carboxylic acids is 1. The molecule has 0 saturated heterocycles. The number of carbonyl (C=O) groups is 1. The Morgan fingerprint density at radius 2 is 2.04 bits per heavy atom. The number of hydrogen-bond acceptors (Lipinski definition) is 5. The standard InChI is InChI=1S/C20H19FN2O2S/c1-4-25-20(24)12(2)18-13(3)26-19(23-18)14-9-10-17(22-11-14)15-7-5-6-8-16(15)21/h5-12H,4H2,1-3H3. The summed E-state index contributed by atoms with van der Waals surface area (Å²) in [6.45, 7) is 5.87. The molecule has 0 amide bonds. The highest BCUT2D eigenvalue weighted by molar-refractivity contribution is 7.15. The van der Waals surface area contributed by atoms with Gasteiger partial charge in [-0.15, -0.1) is 11.3 Å². The maximum absolute atomic E-state index is 13.9. The number of aromatic nitrogens is 2. The fourth-order valence-corrected chi connectivity index (χ4v) is 3.66. The highest BCUT2D eigenvalue weighted by Gasteiger charge is 2.22. The molecule has 0 aliphatic heterocycles. The monoisotopic (exact) mass is 370 g/mol. The molecule has 0 saturated carbocycles. The number of thiazole rings is 1. The maximum Gasteiger partial charge on any atom is 0.314 e. The smallest absolute Gasteiger partial charge is 0.314 e. The van der Waals surface area contributed by atoms with Crippen LogP contribution in [0.5, 0.6) is 0 Å². The van der Waals surface area contributed by atoms with E-state index in [1.807, 2.05) is 13.0 Å². The molecular formula is C20H19FN2O2S. The van der Waals surface area contributed by atoms with Gasteiger partial charge in [0.25, 0.3) is 0 Å². The second-order valence-electron chi connectivity index (χ2n) is 5.85. The molecule has 0 aliphatic rings. The van der Waals surface area contributed by atoms with Gasteiger partial charge >= 0.3 is 5.97 Å². The fraction of sp³-hybridized carbons (Fsp3) is 0.250. The van der Waals surface area contributed by atoms with Crippen molar-refractivity contribution in [2.75, 3.05) is 6.61 Å². The van der Waals surface area contributed by atoms with Gasteiger partial charge in [0, 0.05) is 22.2 Å². The Labute approximate surface area is 155 Å². The molecule has 134 valence electrons. The third kappa shape index (κ3) is 3.65. The largest absolute Gasteiger partial charge is 0.465 e. The van der Waals surface area contributed by atoms with Gasteiger partial charge in [-0.05, 0) is 45.0 Å². The zero-order valence-electron chi connectivity index (χ0n) is 14.8. The van der Waals surface area contributed by atoms with Crippen LogP contribution in [-0.2, 0) is 9.53 Å². The van der Waals surface area contributed by atoms with Gasteiger partial charge in [0.05, 0.1) is 23.9 Å². The van der Waals surface area contributed by atoms with Crippen LogP contribution in [0.25, 0.3) is 21.8 Å². The minimum absolute atomic E-state index is 0.277. The molecule has 0 N–H and O–H groups in total. The quantitative estimate of drug-likeness (QED) is 0.594. The van der Waals surface area contributed by atoms with Gasteiger partial charge in [0.2, 0.25) is 0 Å². The third-order valence-electron chi connectivity index (χ3n) is 4.04. The summed E-state index contributed by atoms with van der Waals surface area (Å²) in [5.41, 5.74) is 2.59. The van der Waals surface area contributed by atoms with Gasteiger partial charge in [0.1, 0.15) is 10.8 Å². The van der Waals surface area contributed by atoms with Crippen LogP contribution in [0.2, 0.25) is 0 Å². The second-order valence-corrected chi connectivity index (χ2v) is 7.05. The molecule has 0 bridgehead atoms. The van der Waals surface area contributed by atoms with Crippen LogP contribution in [-0.4, -0.2) is 22.5 Å². The molecule has 3 aromatic rings. The van der Waals surface area contributed by atoms with Crippen LogP contribution < -0.4 is 0 Å². The molecule has 1 unspecified atom stereocenters. The van der Waals surface area contributed by atoms with Crippen LogP contribution in [0.3, 0.4) is 0 Å². The molecule has 0 spiro atoms. The topological polar surface area (TPSA) is 52.1 Å².